The second-order valence-electron chi connectivity index (χ2n) is 4.34. The number of rotatable bonds is 9. The molecule has 1 aromatic carbocycles. The van der Waals surface area contributed by atoms with Crippen molar-refractivity contribution in [3.63, 3.8) is 0 Å². The van der Waals surface area contributed by atoms with Gasteiger partial charge in [-0.05, 0) is 32.4 Å². The minimum atomic E-state index is -0.870. The third-order valence-electron chi connectivity index (χ3n) is 2.52. The van der Waals surface area contributed by atoms with Crippen LogP contribution in [0.3, 0.4) is 0 Å². The van der Waals surface area contributed by atoms with E-state index in [0.717, 1.165) is 12.2 Å². The van der Waals surface area contributed by atoms with Gasteiger partial charge in [-0.3, -0.25) is 4.21 Å². The van der Waals surface area contributed by atoms with Crippen molar-refractivity contribution in [2.24, 2.45) is 5.73 Å². The van der Waals surface area contributed by atoms with Gasteiger partial charge in [-0.1, -0.05) is 12.1 Å². The maximum atomic E-state index is 11.7. The summed E-state index contributed by atoms with van der Waals surface area (Å²) < 4.78 is 22.8. The Hall–Kier alpha value is -1.07. The fourth-order valence-corrected chi connectivity index (χ4v) is 2.62. The molecule has 0 saturated carbocycles. The van der Waals surface area contributed by atoms with Gasteiger partial charge in [0, 0.05) is 22.6 Å². The molecule has 4 nitrogen and oxygen atoms in total. The van der Waals surface area contributed by atoms with Crippen LogP contribution in [0.25, 0.3) is 0 Å². The highest BCUT2D eigenvalue weighted by Crippen LogP contribution is 2.26. The number of ether oxygens (including phenoxy) is 2. The third-order valence-corrected chi connectivity index (χ3v) is 3.83. The molecule has 0 fully saturated rings. The van der Waals surface area contributed by atoms with E-state index in [4.69, 9.17) is 15.2 Å². The van der Waals surface area contributed by atoms with Crippen molar-refractivity contribution >= 4 is 10.8 Å². The second-order valence-corrected chi connectivity index (χ2v) is 6.04. The minimum Gasteiger partial charge on any atom is -0.490 e. The van der Waals surface area contributed by atoms with E-state index in [1.165, 1.54) is 0 Å². The Labute approximate surface area is 117 Å². The van der Waals surface area contributed by atoms with E-state index in [1.54, 1.807) is 0 Å². The summed E-state index contributed by atoms with van der Waals surface area (Å²) >= 11 is 0. The Morgan fingerprint density at radius 2 is 1.84 bits per heavy atom. The lowest BCUT2D eigenvalue weighted by Crippen LogP contribution is -2.20. The molecule has 0 heterocycles. The average molecular weight is 285 g/mol. The van der Waals surface area contributed by atoms with Crippen LogP contribution in [-0.2, 0) is 10.8 Å². The fourth-order valence-electron chi connectivity index (χ4n) is 1.51. The van der Waals surface area contributed by atoms with Crippen molar-refractivity contribution in [1.82, 2.24) is 0 Å². The molecule has 0 radical (unpaired) electrons. The summed E-state index contributed by atoms with van der Waals surface area (Å²) in [4.78, 5) is 0. The molecular weight excluding hydrogens is 262 g/mol. The first-order chi connectivity index (χ1) is 9.13. The Morgan fingerprint density at radius 1 is 1.21 bits per heavy atom. The van der Waals surface area contributed by atoms with Crippen LogP contribution in [0.15, 0.2) is 24.3 Å². The number of benzene rings is 1. The van der Waals surface area contributed by atoms with Crippen molar-refractivity contribution in [2.45, 2.75) is 26.3 Å². The van der Waals surface area contributed by atoms with Gasteiger partial charge >= 0.3 is 0 Å². The van der Waals surface area contributed by atoms with Gasteiger partial charge in [-0.2, -0.15) is 0 Å². The van der Waals surface area contributed by atoms with Crippen LogP contribution in [0, 0.1) is 0 Å². The molecule has 0 amide bonds. The Kier molecular flexibility index (Phi) is 7.52. The average Bonchev–Trinajstić information content (AvgIpc) is 2.39. The molecule has 5 heteroatoms. The van der Waals surface area contributed by atoms with Gasteiger partial charge in [-0.25, -0.2) is 0 Å². The summed E-state index contributed by atoms with van der Waals surface area (Å²) in [6, 6.07) is 7.62. The van der Waals surface area contributed by atoms with E-state index >= 15 is 0 Å². The van der Waals surface area contributed by atoms with Gasteiger partial charge in [0.2, 0.25) is 0 Å². The van der Waals surface area contributed by atoms with Crippen LogP contribution >= 0.6 is 0 Å². The molecule has 0 spiro atoms. The molecule has 0 aliphatic heterocycles. The molecule has 19 heavy (non-hydrogen) atoms. The topological polar surface area (TPSA) is 61.5 Å². The zero-order valence-electron chi connectivity index (χ0n) is 11.6. The smallest absolute Gasteiger partial charge is 0.161 e. The molecule has 2 unspecified atom stereocenters. The standard InChI is InChI=1S/C14H23NO3S/c1-3-17-13-6-4-5-7-14(13)18-9-11-19(16)10-8-12(2)15/h4-7,12H,3,8-11,15H2,1-2H3. The van der Waals surface area contributed by atoms with Crippen LogP contribution in [-0.4, -0.2) is 35.0 Å². The van der Waals surface area contributed by atoms with E-state index in [9.17, 15) is 4.21 Å². The van der Waals surface area contributed by atoms with E-state index < -0.39 is 10.8 Å². The van der Waals surface area contributed by atoms with Crippen LogP contribution in [0.5, 0.6) is 11.5 Å². The van der Waals surface area contributed by atoms with E-state index in [-0.39, 0.29) is 6.04 Å². The summed E-state index contributed by atoms with van der Waals surface area (Å²) in [5.41, 5.74) is 5.63. The van der Waals surface area contributed by atoms with Gasteiger partial charge in [0.1, 0.15) is 0 Å². The van der Waals surface area contributed by atoms with Gasteiger partial charge in [0.15, 0.2) is 11.5 Å². The predicted octanol–water partition coefficient (Wildman–Crippen LogP) is 1.95. The molecule has 1 aromatic rings. The lowest BCUT2D eigenvalue weighted by molar-refractivity contribution is 0.289. The Bertz CT molecular complexity index is 396. The SMILES string of the molecule is CCOc1ccccc1OCCS(=O)CCC(C)N. The van der Waals surface area contributed by atoms with E-state index in [1.807, 2.05) is 38.1 Å². The van der Waals surface area contributed by atoms with Crippen LogP contribution in [0.4, 0.5) is 0 Å². The van der Waals surface area contributed by atoms with Gasteiger partial charge in [0.25, 0.3) is 0 Å². The molecule has 0 aliphatic carbocycles. The highest BCUT2D eigenvalue weighted by molar-refractivity contribution is 7.84. The van der Waals surface area contributed by atoms with Crippen molar-refractivity contribution in [3.05, 3.63) is 24.3 Å². The molecule has 0 aromatic heterocycles. The zero-order valence-corrected chi connectivity index (χ0v) is 12.4. The monoisotopic (exact) mass is 285 g/mol. The quantitative estimate of drug-likeness (QED) is 0.753. The van der Waals surface area contributed by atoms with Crippen LogP contribution in [0.1, 0.15) is 20.3 Å². The summed E-state index contributed by atoms with van der Waals surface area (Å²) in [5.74, 6) is 2.58. The van der Waals surface area contributed by atoms with E-state index in [2.05, 4.69) is 0 Å². The number of para-hydroxylation sites is 2. The summed E-state index contributed by atoms with van der Waals surface area (Å²) in [5, 5.41) is 0. The lowest BCUT2D eigenvalue weighted by Gasteiger charge is -2.11. The fraction of sp³-hybridized carbons (Fsp3) is 0.571. The summed E-state index contributed by atoms with van der Waals surface area (Å²) in [6.45, 7) is 4.88. The first kappa shape index (κ1) is 16.0. The molecule has 0 bridgehead atoms. The van der Waals surface area contributed by atoms with E-state index in [0.29, 0.717) is 30.5 Å². The molecule has 2 N–H and O–H groups in total. The van der Waals surface area contributed by atoms with Crippen LogP contribution < -0.4 is 15.2 Å². The largest absolute Gasteiger partial charge is 0.490 e. The maximum absolute atomic E-state index is 11.7. The molecule has 2 atom stereocenters. The molecule has 0 saturated heterocycles. The van der Waals surface area contributed by atoms with Crippen molar-refractivity contribution in [3.8, 4) is 11.5 Å². The van der Waals surface area contributed by atoms with Gasteiger partial charge < -0.3 is 15.2 Å². The highest BCUT2D eigenvalue weighted by atomic mass is 32.2. The first-order valence-electron chi connectivity index (χ1n) is 6.58. The lowest BCUT2D eigenvalue weighted by atomic mass is 10.3. The number of hydrogen-bond acceptors (Lipinski definition) is 4. The summed E-state index contributed by atoms with van der Waals surface area (Å²) in [7, 11) is -0.870. The van der Waals surface area contributed by atoms with Crippen LogP contribution in [0.2, 0.25) is 0 Å². The normalized spacial score (nSPS) is 13.8. The van der Waals surface area contributed by atoms with Crippen molar-refractivity contribution < 1.29 is 13.7 Å². The molecule has 108 valence electrons. The molecular formula is C14H23NO3S. The maximum Gasteiger partial charge on any atom is 0.161 e. The number of nitrogens with two attached hydrogens (primary N) is 1. The molecule has 0 aliphatic rings. The minimum absolute atomic E-state index is 0.101. The number of hydrogen-bond donors (Lipinski definition) is 1. The third kappa shape index (κ3) is 6.59. The second kappa shape index (κ2) is 8.93. The Balaban J connectivity index is 2.34. The van der Waals surface area contributed by atoms with Crippen molar-refractivity contribution in [1.29, 1.82) is 0 Å². The predicted molar refractivity (Wildman–Crippen MR) is 79.2 cm³/mol. The first-order valence-corrected chi connectivity index (χ1v) is 8.07. The highest BCUT2D eigenvalue weighted by Gasteiger charge is 2.06. The Morgan fingerprint density at radius 3 is 2.42 bits per heavy atom. The van der Waals surface area contributed by atoms with Gasteiger partial charge in [0.05, 0.1) is 19.0 Å². The van der Waals surface area contributed by atoms with Gasteiger partial charge in [-0.15, -0.1) is 0 Å². The molecule has 1 rings (SSSR count). The zero-order chi connectivity index (χ0) is 14.1. The van der Waals surface area contributed by atoms with Crippen molar-refractivity contribution in [2.75, 3.05) is 24.7 Å². The summed E-state index contributed by atoms with van der Waals surface area (Å²) in [6.07, 6.45) is 0.780.